The van der Waals surface area contributed by atoms with E-state index in [4.69, 9.17) is 5.11 Å². The first-order valence-electron chi connectivity index (χ1n) is 4.41. The number of carboxylic acids is 1. The van der Waals surface area contributed by atoms with Gasteiger partial charge in [-0.3, -0.25) is 4.68 Å². The number of aromatic carboxylic acids is 1. The maximum absolute atomic E-state index is 10.8. The monoisotopic (exact) mass is 182 g/mol. The average molecular weight is 182 g/mol. The first kappa shape index (κ1) is 9.77. The van der Waals surface area contributed by atoms with E-state index in [2.05, 4.69) is 12.0 Å². The van der Waals surface area contributed by atoms with E-state index in [0.717, 1.165) is 24.8 Å². The van der Waals surface area contributed by atoms with Crippen molar-refractivity contribution in [2.24, 2.45) is 7.05 Å². The van der Waals surface area contributed by atoms with Gasteiger partial charge in [-0.25, -0.2) is 4.79 Å². The second-order valence-electron chi connectivity index (χ2n) is 3.05. The largest absolute Gasteiger partial charge is 0.477 e. The fourth-order valence-electron chi connectivity index (χ4n) is 1.31. The van der Waals surface area contributed by atoms with Gasteiger partial charge in [0.2, 0.25) is 0 Å². The molecule has 0 unspecified atom stereocenters. The zero-order chi connectivity index (χ0) is 9.84. The average Bonchev–Trinajstić information content (AvgIpc) is 2.43. The lowest BCUT2D eigenvalue weighted by Gasteiger charge is -1.99. The summed E-state index contributed by atoms with van der Waals surface area (Å²) in [6.07, 6.45) is 4.50. The lowest BCUT2D eigenvalue weighted by molar-refractivity contribution is 0.0683. The Labute approximate surface area is 77.2 Å². The van der Waals surface area contributed by atoms with Gasteiger partial charge in [0.15, 0.2) is 0 Å². The molecule has 0 amide bonds. The number of aryl methyl sites for hydroxylation is 2. The Bertz CT molecular complexity index is 305. The molecule has 0 fully saturated rings. The molecule has 0 spiro atoms. The second kappa shape index (κ2) is 4.07. The molecule has 13 heavy (non-hydrogen) atoms. The molecular weight excluding hydrogens is 168 g/mol. The van der Waals surface area contributed by atoms with Crippen LogP contribution in [0.25, 0.3) is 0 Å². The lowest BCUT2D eigenvalue weighted by atomic mass is 10.1. The Balaban J connectivity index is 2.87. The van der Waals surface area contributed by atoms with Crippen molar-refractivity contribution >= 4 is 5.97 Å². The number of unbranched alkanes of at least 4 members (excludes halogenated alkanes) is 1. The standard InChI is InChI=1S/C9H14N2O2/c1-3-4-5-7-6-10-11(2)8(7)9(12)13/h6H,3-5H2,1-2H3,(H,12,13). The summed E-state index contributed by atoms with van der Waals surface area (Å²) in [5.74, 6) is -0.897. The van der Waals surface area contributed by atoms with E-state index in [1.54, 1.807) is 13.2 Å². The van der Waals surface area contributed by atoms with Gasteiger partial charge in [0.1, 0.15) is 5.69 Å². The van der Waals surface area contributed by atoms with Crippen LogP contribution in [0.3, 0.4) is 0 Å². The van der Waals surface area contributed by atoms with Gasteiger partial charge in [0.25, 0.3) is 0 Å². The molecule has 72 valence electrons. The third-order valence-corrected chi connectivity index (χ3v) is 2.02. The van der Waals surface area contributed by atoms with Crippen molar-refractivity contribution in [3.8, 4) is 0 Å². The molecule has 0 aliphatic heterocycles. The van der Waals surface area contributed by atoms with Crippen LogP contribution in [0.2, 0.25) is 0 Å². The molecule has 0 radical (unpaired) electrons. The van der Waals surface area contributed by atoms with Crippen LogP contribution in [0, 0.1) is 0 Å². The highest BCUT2D eigenvalue weighted by Crippen LogP contribution is 2.10. The van der Waals surface area contributed by atoms with E-state index in [-0.39, 0.29) is 0 Å². The van der Waals surface area contributed by atoms with Crippen LogP contribution in [0.4, 0.5) is 0 Å². The van der Waals surface area contributed by atoms with E-state index < -0.39 is 5.97 Å². The molecule has 4 nitrogen and oxygen atoms in total. The van der Waals surface area contributed by atoms with Gasteiger partial charge in [-0.2, -0.15) is 5.10 Å². The normalized spacial score (nSPS) is 10.3. The Morgan fingerprint density at radius 2 is 2.38 bits per heavy atom. The van der Waals surface area contributed by atoms with Crippen molar-refractivity contribution in [1.82, 2.24) is 9.78 Å². The maximum atomic E-state index is 10.8. The summed E-state index contributed by atoms with van der Waals surface area (Å²) < 4.78 is 1.41. The molecule has 0 aromatic carbocycles. The van der Waals surface area contributed by atoms with Crippen molar-refractivity contribution < 1.29 is 9.90 Å². The predicted molar refractivity (Wildman–Crippen MR) is 48.8 cm³/mol. The predicted octanol–water partition coefficient (Wildman–Crippen LogP) is 1.46. The third-order valence-electron chi connectivity index (χ3n) is 2.02. The molecule has 1 rings (SSSR count). The first-order chi connectivity index (χ1) is 6.16. The van der Waals surface area contributed by atoms with Crippen LogP contribution in [-0.2, 0) is 13.5 Å². The van der Waals surface area contributed by atoms with Crippen LogP contribution in [0.1, 0.15) is 35.8 Å². The minimum absolute atomic E-state index is 0.313. The van der Waals surface area contributed by atoms with Crippen LogP contribution in [0.15, 0.2) is 6.20 Å². The Morgan fingerprint density at radius 1 is 1.69 bits per heavy atom. The smallest absolute Gasteiger partial charge is 0.354 e. The highest BCUT2D eigenvalue weighted by molar-refractivity contribution is 5.87. The molecular formula is C9H14N2O2. The van der Waals surface area contributed by atoms with Crippen LogP contribution in [-0.4, -0.2) is 20.9 Å². The minimum atomic E-state index is -0.897. The maximum Gasteiger partial charge on any atom is 0.354 e. The van der Waals surface area contributed by atoms with Gasteiger partial charge in [-0.15, -0.1) is 0 Å². The van der Waals surface area contributed by atoms with Crippen LogP contribution in [0.5, 0.6) is 0 Å². The third kappa shape index (κ3) is 2.08. The second-order valence-corrected chi connectivity index (χ2v) is 3.05. The van der Waals surface area contributed by atoms with E-state index in [1.807, 2.05) is 0 Å². The summed E-state index contributed by atoms with van der Waals surface area (Å²) in [4.78, 5) is 10.8. The van der Waals surface area contributed by atoms with Crippen molar-refractivity contribution in [1.29, 1.82) is 0 Å². The molecule has 0 saturated heterocycles. The zero-order valence-corrected chi connectivity index (χ0v) is 7.95. The first-order valence-corrected chi connectivity index (χ1v) is 4.41. The van der Waals surface area contributed by atoms with Gasteiger partial charge < -0.3 is 5.11 Å². The van der Waals surface area contributed by atoms with Gasteiger partial charge in [-0.05, 0) is 12.8 Å². The highest BCUT2D eigenvalue weighted by atomic mass is 16.4. The van der Waals surface area contributed by atoms with Crippen LogP contribution >= 0.6 is 0 Å². The molecule has 1 N–H and O–H groups in total. The number of rotatable bonds is 4. The SMILES string of the molecule is CCCCc1cnn(C)c1C(=O)O. The van der Waals surface area contributed by atoms with Gasteiger partial charge in [0.05, 0.1) is 6.20 Å². The molecule has 1 aromatic heterocycles. The Hall–Kier alpha value is -1.32. The van der Waals surface area contributed by atoms with Crippen molar-refractivity contribution in [3.63, 3.8) is 0 Å². The Morgan fingerprint density at radius 3 is 2.92 bits per heavy atom. The topological polar surface area (TPSA) is 55.1 Å². The number of nitrogens with zero attached hydrogens (tertiary/aromatic N) is 2. The van der Waals surface area contributed by atoms with E-state index in [9.17, 15) is 4.79 Å². The molecule has 0 saturated carbocycles. The summed E-state index contributed by atoms with van der Waals surface area (Å²) in [7, 11) is 1.65. The molecule has 0 atom stereocenters. The number of hydrogen-bond acceptors (Lipinski definition) is 2. The molecule has 0 bridgehead atoms. The highest BCUT2D eigenvalue weighted by Gasteiger charge is 2.14. The van der Waals surface area contributed by atoms with Gasteiger partial charge in [-0.1, -0.05) is 13.3 Å². The number of hydrogen-bond donors (Lipinski definition) is 1. The summed E-state index contributed by atoms with van der Waals surface area (Å²) in [5.41, 5.74) is 1.14. The zero-order valence-electron chi connectivity index (χ0n) is 7.95. The minimum Gasteiger partial charge on any atom is -0.477 e. The summed E-state index contributed by atoms with van der Waals surface area (Å²) in [6, 6.07) is 0. The van der Waals surface area contributed by atoms with Crippen LogP contribution < -0.4 is 0 Å². The number of carboxylic acid groups (broad SMARTS) is 1. The van der Waals surface area contributed by atoms with E-state index in [0.29, 0.717) is 5.69 Å². The molecule has 0 aliphatic carbocycles. The van der Waals surface area contributed by atoms with Gasteiger partial charge >= 0.3 is 5.97 Å². The fraction of sp³-hybridized carbons (Fsp3) is 0.556. The quantitative estimate of drug-likeness (QED) is 0.767. The lowest BCUT2D eigenvalue weighted by Crippen LogP contribution is -2.08. The molecule has 4 heteroatoms. The Kier molecular flexibility index (Phi) is 3.06. The number of aromatic nitrogens is 2. The van der Waals surface area contributed by atoms with Crippen molar-refractivity contribution in [3.05, 3.63) is 17.5 Å². The summed E-state index contributed by atoms with van der Waals surface area (Å²) >= 11 is 0. The molecule has 0 aliphatic rings. The van der Waals surface area contributed by atoms with E-state index >= 15 is 0 Å². The van der Waals surface area contributed by atoms with E-state index in [1.165, 1.54) is 4.68 Å². The van der Waals surface area contributed by atoms with Crippen molar-refractivity contribution in [2.75, 3.05) is 0 Å². The summed E-state index contributed by atoms with van der Waals surface area (Å²) in [5, 5.41) is 12.8. The fourth-order valence-corrected chi connectivity index (χ4v) is 1.31. The number of carbonyl (C=O) groups is 1. The molecule has 1 heterocycles. The summed E-state index contributed by atoms with van der Waals surface area (Å²) in [6.45, 7) is 2.08. The van der Waals surface area contributed by atoms with Crippen molar-refractivity contribution in [2.45, 2.75) is 26.2 Å². The van der Waals surface area contributed by atoms with Gasteiger partial charge in [0, 0.05) is 12.6 Å². The molecule has 1 aromatic rings.